The maximum Gasteiger partial charge on any atom is 0.326 e. The van der Waals surface area contributed by atoms with Crippen LogP contribution < -0.4 is 0 Å². The Balaban J connectivity index is 1.69. The van der Waals surface area contributed by atoms with Gasteiger partial charge in [0.05, 0.1) is 21.2 Å². The van der Waals surface area contributed by atoms with E-state index in [1.807, 2.05) is 18.2 Å². The summed E-state index contributed by atoms with van der Waals surface area (Å²) in [6, 6.07) is 11.8. The van der Waals surface area contributed by atoms with Gasteiger partial charge in [0.1, 0.15) is 13.2 Å². The molecule has 0 atom stereocenters. The van der Waals surface area contributed by atoms with Crippen molar-refractivity contribution in [1.29, 1.82) is 0 Å². The monoisotopic (exact) mass is 363 g/mol. The Labute approximate surface area is 147 Å². The number of nitrogens with zero attached hydrogens (tertiary/aromatic N) is 1. The number of hydrogen-bond donors (Lipinski definition) is 0. The van der Waals surface area contributed by atoms with Crippen LogP contribution >= 0.6 is 23.2 Å². The molecular formula is C17H11Cl2NO4. The molecule has 2 aromatic rings. The van der Waals surface area contributed by atoms with E-state index in [2.05, 4.69) is 0 Å². The van der Waals surface area contributed by atoms with Crippen LogP contribution in [0.2, 0.25) is 10.0 Å². The zero-order valence-electron chi connectivity index (χ0n) is 12.3. The minimum atomic E-state index is -0.675. The molecule has 2 aromatic carbocycles. The lowest BCUT2D eigenvalue weighted by Crippen LogP contribution is -2.35. The Morgan fingerprint density at radius 2 is 1.50 bits per heavy atom. The Kier molecular flexibility index (Phi) is 4.55. The second-order valence-electron chi connectivity index (χ2n) is 5.15. The van der Waals surface area contributed by atoms with Crippen molar-refractivity contribution in [2.24, 2.45) is 0 Å². The number of fused-ring (bicyclic) bond motifs is 1. The minimum Gasteiger partial charge on any atom is -0.459 e. The van der Waals surface area contributed by atoms with Gasteiger partial charge in [-0.1, -0.05) is 53.5 Å². The largest absolute Gasteiger partial charge is 0.459 e. The van der Waals surface area contributed by atoms with E-state index in [4.69, 9.17) is 27.9 Å². The number of esters is 1. The van der Waals surface area contributed by atoms with Gasteiger partial charge in [-0.05, 0) is 17.7 Å². The molecule has 0 spiro atoms. The molecule has 0 radical (unpaired) electrons. The van der Waals surface area contributed by atoms with Crippen molar-refractivity contribution < 1.29 is 19.1 Å². The summed E-state index contributed by atoms with van der Waals surface area (Å²) in [6.07, 6.45) is 0. The van der Waals surface area contributed by atoms with E-state index in [0.29, 0.717) is 0 Å². The smallest absolute Gasteiger partial charge is 0.326 e. The maximum atomic E-state index is 12.3. The molecule has 0 aliphatic carbocycles. The van der Waals surface area contributed by atoms with Gasteiger partial charge < -0.3 is 4.74 Å². The second kappa shape index (κ2) is 6.63. The third-order valence-corrected chi connectivity index (χ3v) is 4.26. The van der Waals surface area contributed by atoms with Crippen LogP contribution in [0.25, 0.3) is 0 Å². The molecular weight excluding hydrogens is 353 g/mol. The van der Waals surface area contributed by atoms with E-state index >= 15 is 0 Å². The van der Waals surface area contributed by atoms with Gasteiger partial charge in [0.15, 0.2) is 0 Å². The molecule has 1 aliphatic heterocycles. The third kappa shape index (κ3) is 3.13. The molecule has 0 fully saturated rings. The van der Waals surface area contributed by atoms with E-state index < -0.39 is 24.3 Å². The van der Waals surface area contributed by atoms with Crippen LogP contribution in [0, 0.1) is 0 Å². The summed E-state index contributed by atoms with van der Waals surface area (Å²) in [5.74, 6) is -1.86. The number of rotatable bonds is 4. The highest BCUT2D eigenvalue weighted by molar-refractivity contribution is 6.43. The predicted octanol–water partition coefficient (Wildman–Crippen LogP) is 3.33. The minimum absolute atomic E-state index is 0.0699. The van der Waals surface area contributed by atoms with Gasteiger partial charge in [-0.15, -0.1) is 0 Å². The molecule has 0 unspecified atom stereocenters. The van der Waals surface area contributed by atoms with Crippen molar-refractivity contribution in [3.8, 4) is 0 Å². The topological polar surface area (TPSA) is 63.7 Å². The van der Waals surface area contributed by atoms with Crippen molar-refractivity contribution in [1.82, 2.24) is 4.90 Å². The van der Waals surface area contributed by atoms with Crippen LogP contribution in [-0.4, -0.2) is 29.2 Å². The van der Waals surface area contributed by atoms with Crippen molar-refractivity contribution in [3.63, 3.8) is 0 Å². The van der Waals surface area contributed by atoms with Crippen molar-refractivity contribution in [2.45, 2.75) is 6.61 Å². The molecule has 1 aliphatic rings. The van der Waals surface area contributed by atoms with Crippen LogP contribution in [0.1, 0.15) is 26.3 Å². The lowest BCUT2D eigenvalue weighted by molar-refractivity contribution is -0.145. The molecule has 122 valence electrons. The molecule has 0 N–H and O–H groups in total. The number of carbonyl (C=O) groups excluding carboxylic acids is 3. The highest BCUT2D eigenvalue weighted by Crippen LogP contribution is 2.31. The van der Waals surface area contributed by atoms with Gasteiger partial charge in [0.2, 0.25) is 0 Å². The summed E-state index contributed by atoms with van der Waals surface area (Å²) in [5.41, 5.74) is 1.07. The van der Waals surface area contributed by atoms with E-state index in [9.17, 15) is 14.4 Å². The highest BCUT2D eigenvalue weighted by atomic mass is 35.5. The number of amides is 2. The summed E-state index contributed by atoms with van der Waals surface area (Å²) in [7, 11) is 0. The summed E-state index contributed by atoms with van der Waals surface area (Å²) in [6.45, 7) is -0.394. The van der Waals surface area contributed by atoms with Gasteiger partial charge in [0, 0.05) is 0 Å². The molecule has 3 rings (SSSR count). The number of benzene rings is 2. The Morgan fingerprint density at radius 3 is 2.04 bits per heavy atom. The molecule has 0 saturated heterocycles. The fourth-order valence-electron chi connectivity index (χ4n) is 2.34. The Hall–Kier alpha value is -2.37. The van der Waals surface area contributed by atoms with Gasteiger partial charge in [-0.25, -0.2) is 0 Å². The number of hydrogen-bond acceptors (Lipinski definition) is 4. The average molecular weight is 364 g/mol. The first-order valence-corrected chi connectivity index (χ1v) is 7.77. The lowest BCUT2D eigenvalue weighted by Gasteiger charge is -2.13. The highest BCUT2D eigenvalue weighted by Gasteiger charge is 2.37. The van der Waals surface area contributed by atoms with Crippen LogP contribution in [-0.2, 0) is 16.1 Å². The zero-order chi connectivity index (χ0) is 17.3. The molecule has 24 heavy (non-hydrogen) atoms. The molecule has 2 amide bonds. The SMILES string of the molecule is O=C(CN1C(=O)c2cc(Cl)c(Cl)cc2C1=O)OCc1ccccc1. The number of halogens is 2. The van der Waals surface area contributed by atoms with Crippen LogP contribution in [0.3, 0.4) is 0 Å². The van der Waals surface area contributed by atoms with Gasteiger partial charge in [0.25, 0.3) is 11.8 Å². The Bertz CT molecular complexity index is 795. The molecule has 0 bridgehead atoms. The zero-order valence-corrected chi connectivity index (χ0v) is 13.8. The van der Waals surface area contributed by atoms with Crippen molar-refractivity contribution in [3.05, 3.63) is 69.2 Å². The molecule has 1 heterocycles. The normalized spacial score (nSPS) is 13.2. The molecule has 0 saturated carbocycles. The average Bonchev–Trinajstić information content (AvgIpc) is 2.79. The summed E-state index contributed by atoms with van der Waals surface area (Å²) < 4.78 is 5.10. The van der Waals surface area contributed by atoms with E-state index in [1.54, 1.807) is 12.1 Å². The fraction of sp³-hybridized carbons (Fsp3) is 0.118. The molecule has 7 heteroatoms. The van der Waals surface area contributed by atoms with Crippen LogP contribution in [0.15, 0.2) is 42.5 Å². The first-order valence-electron chi connectivity index (χ1n) is 7.02. The van der Waals surface area contributed by atoms with Crippen LogP contribution in [0.5, 0.6) is 0 Å². The van der Waals surface area contributed by atoms with Gasteiger partial charge in [-0.2, -0.15) is 0 Å². The number of carbonyl (C=O) groups is 3. The van der Waals surface area contributed by atoms with Gasteiger partial charge in [-0.3, -0.25) is 19.3 Å². The fourth-order valence-corrected chi connectivity index (χ4v) is 2.67. The molecule has 5 nitrogen and oxygen atoms in total. The predicted molar refractivity (Wildman–Crippen MR) is 88.1 cm³/mol. The first kappa shape index (κ1) is 16.5. The van der Waals surface area contributed by atoms with Crippen LogP contribution in [0.4, 0.5) is 0 Å². The second-order valence-corrected chi connectivity index (χ2v) is 5.97. The Morgan fingerprint density at radius 1 is 0.958 bits per heavy atom. The summed E-state index contributed by atoms with van der Waals surface area (Å²) in [4.78, 5) is 37.3. The van der Waals surface area contributed by atoms with E-state index in [0.717, 1.165) is 10.5 Å². The molecule has 0 aromatic heterocycles. The van der Waals surface area contributed by atoms with Crippen molar-refractivity contribution in [2.75, 3.05) is 6.54 Å². The third-order valence-electron chi connectivity index (χ3n) is 3.54. The summed E-state index contributed by atoms with van der Waals surface area (Å²) in [5, 5.41) is 0.343. The number of imide groups is 1. The number of ether oxygens (including phenoxy) is 1. The first-order chi connectivity index (χ1) is 11.5. The van der Waals surface area contributed by atoms with E-state index in [1.165, 1.54) is 12.1 Å². The van der Waals surface area contributed by atoms with Crippen molar-refractivity contribution >= 4 is 41.0 Å². The maximum absolute atomic E-state index is 12.3. The van der Waals surface area contributed by atoms with Gasteiger partial charge >= 0.3 is 5.97 Å². The standard InChI is InChI=1S/C17H11Cl2NO4/c18-13-6-11-12(7-14(13)19)17(23)20(16(11)22)8-15(21)24-9-10-4-2-1-3-5-10/h1-7H,8-9H2. The lowest BCUT2D eigenvalue weighted by atomic mass is 10.1. The van der Waals surface area contributed by atoms with E-state index in [-0.39, 0.29) is 27.8 Å². The quantitative estimate of drug-likeness (QED) is 0.617. The summed E-state index contributed by atoms with van der Waals surface area (Å²) >= 11 is 11.7.